The van der Waals surface area contributed by atoms with Gasteiger partial charge in [-0.3, -0.25) is 0 Å². The first kappa shape index (κ1) is 19.2. The first-order valence-corrected chi connectivity index (χ1v) is 6.56. The smallest absolute Gasteiger partial charge is 1.00 e. The van der Waals surface area contributed by atoms with Gasteiger partial charge in [0.25, 0.3) is 0 Å². The second-order valence-electron chi connectivity index (χ2n) is 4.43. The van der Waals surface area contributed by atoms with E-state index in [9.17, 15) is 4.79 Å². The Morgan fingerprint density at radius 3 is 2.24 bits per heavy atom. The molecule has 17 heavy (non-hydrogen) atoms. The van der Waals surface area contributed by atoms with Gasteiger partial charge in [0.1, 0.15) is 0 Å². The van der Waals surface area contributed by atoms with Crippen LogP contribution in [-0.4, -0.2) is 17.9 Å². The number of hydrogen-bond donors (Lipinski definition) is 1. The van der Waals surface area contributed by atoms with Gasteiger partial charge in [-0.05, 0) is 18.8 Å². The minimum absolute atomic E-state index is 0. The molecular formula is C13H27LiO3. The van der Waals surface area contributed by atoms with E-state index in [1.165, 1.54) is 38.5 Å². The summed E-state index contributed by atoms with van der Waals surface area (Å²) >= 11 is 0. The Morgan fingerprint density at radius 1 is 1.12 bits per heavy atom. The predicted molar refractivity (Wildman–Crippen MR) is 66.9 cm³/mol. The zero-order chi connectivity index (χ0) is 12.2. The summed E-state index contributed by atoms with van der Waals surface area (Å²) in [5, 5.41) is 8.48. The summed E-state index contributed by atoms with van der Waals surface area (Å²) in [5.74, 6) is 0.424. The van der Waals surface area contributed by atoms with E-state index in [4.69, 9.17) is 5.11 Å². The third kappa shape index (κ3) is 13.8. The molecule has 0 spiro atoms. The predicted octanol–water partition coefficient (Wildman–Crippen LogP) is 1.57. The Kier molecular flexibility index (Phi) is 15.7. The monoisotopic (exact) mass is 238 g/mol. The van der Waals surface area contributed by atoms with Gasteiger partial charge in [0.05, 0.1) is 6.61 Å². The van der Waals surface area contributed by atoms with Crippen molar-refractivity contribution >= 4 is 6.16 Å². The fourth-order valence-electron chi connectivity index (χ4n) is 1.85. The van der Waals surface area contributed by atoms with Crippen LogP contribution in [0, 0.1) is 5.92 Å². The molecule has 0 saturated heterocycles. The van der Waals surface area contributed by atoms with Crippen LogP contribution in [0.15, 0.2) is 0 Å². The molecule has 0 rings (SSSR count). The zero-order valence-electron chi connectivity index (χ0n) is 12.7. The van der Waals surface area contributed by atoms with E-state index in [1.807, 2.05) is 0 Å². The molecule has 0 aliphatic heterocycles. The molecule has 1 N–H and O–H groups in total. The Morgan fingerprint density at radius 2 is 1.71 bits per heavy atom. The van der Waals surface area contributed by atoms with Crippen molar-refractivity contribution < 1.29 is 34.9 Å². The standard InChI is InChI=1S/C13H26O3.Li.H/c1-3-5-7-8-10-12(9-6-4-2)11-16-13(14)15;;/h12H,3-11H2,1-2H3,(H,14,15);;/q;+1;-1. The van der Waals surface area contributed by atoms with Crippen LogP contribution < -0.4 is 18.9 Å². The van der Waals surface area contributed by atoms with E-state index in [0.717, 1.165) is 12.8 Å². The van der Waals surface area contributed by atoms with Crippen molar-refractivity contribution in [3.8, 4) is 0 Å². The second kappa shape index (κ2) is 13.9. The molecule has 0 bridgehead atoms. The molecule has 0 aromatic rings. The fraction of sp³-hybridized carbons (Fsp3) is 0.923. The second-order valence-corrected chi connectivity index (χ2v) is 4.43. The van der Waals surface area contributed by atoms with E-state index in [2.05, 4.69) is 18.6 Å². The maximum atomic E-state index is 10.3. The van der Waals surface area contributed by atoms with E-state index < -0.39 is 6.16 Å². The van der Waals surface area contributed by atoms with Crippen molar-refractivity contribution in [1.29, 1.82) is 0 Å². The molecule has 0 aromatic carbocycles. The SMILES string of the molecule is CCCCCCC(CCCC)COC(=O)O.[H-].[Li+]. The molecule has 0 aliphatic carbocycles. The van der Waals surface area contributed by atoms with Gasteiger partial charge in [-0.2, -0.15) is 0 Å². The zero-order valence-corrected chi connectivity index (χ0v) is 11.7. The Hall–Kier alpha value is -0.133. The fourth-order valence-corrected chi connectivity index (χ4v) is 1.85. The number of carbonyl (C=O) groups is 1. The summed E-state index contributed by atoms with van der Waals surface area (Å²) in [4.78, 5) is 10.3. The van der Waals surface area contributed by atoms with Crippen molar-refractivity contribution in [2.45, 2.75) is 65.2 Å². The van der Waals surface area contributed by atoms with Gasteiger partial charge in [-0.25, -0.2) is 4.79 Å². The molecule has 0 saturated carbocycles. The first-order chi connectivity index (χ1) is 7.70. The van der Waals surface area contributed by atoms with Crippen LogP contribution in [0.1, 0.15) is 66.6 Å². The minimum atomic E-state index is -1.14. The average molecular weight is 238 g/mol. The van der Waals surface area contributed by atoms with Crippen molar-refractivity contribution in [2.75, 3.05) is 6.61 Å². The number of unbranched alkanes of at least 4 members (excludes halogenated alkanes) is 4. The topological polar surface area (TPSA) is 46.5 Å². The number of carboxylic acid groups (broad SMARTS) is 1. The molecular weight excluding hydrogens is 211 g/mol. The number of rotatable bonds is 10. The molecule has 4 heteroatoms. The molecule has 0 heterocycles. The van der Waals surface area contributed by atoms with Gasteiger partial charge in [0.2, 0.25) is 0 Å². The quantitative estimate of drug-likeness (QED) is 0.357. The van der Waals surface area contributed by atoms with Gasteiger partial charge < -0.3 is 11.3 Å². The van der Waals surface area contributed by atoms with Gasteiger partial charge in [0, 0.05) is 0 Å². The van der Waals surface area contributed by atoms with Gasteiger partial charge >= 0.3 is 25.0 Å². The van der Waals surface area contributed by atoms with Crippen LogP contribution in [0.2, 0.25) is 0 Å². The maximum absolute atomic E-state index is 10.3. The Balaban J connectivity index is -0.00000112. The molecule has 0 aromatic heterocycles. The Labute approximate surface area is 119 Å². The normalized spacial score (nSPS) is 11.6. The van der Waals surface area contributed by atoms with Crippen LogP contribution >= 0.6 is 0 Å². The van der Waals surface area contributed by atoms with Crippen molar-refractivity contribution in [3.63, 3.8) is 0 Å². The summed E-state index contributed by atoms with van der Waals surface area (Å²) < 4.78 is 4.67. The number of hydrogen-bond acceptors (Lipinski definition) is 2. The third-order valence-corrected chi connectivity index (χ3v) is 2.87. The van der Waals surface area contributed by atoms with Crippen LogP contribution in [0.4, 0.5) is 4.79 Å². The van der Waals surface area contributed by atoms with Gasteiger partial charge in [0.15, 0.2) is 0 Å². The van der Waals surface area contributed by atoms with Crippen molar-refractivity contribution in [2.24, 2.45) is 5.92 Å². The first-order valence-electron chi connectivity index (χ1n) is 6.56. The molecule has 1 atom stereocenters. The third-order valence-electron chi connectivity index (χ3n) is 2.87. The maximum Gasteiger partial charge on any atom is 1.00 e. The van der Waals surface area contributed by atoms with Crippen LogP contribution in [-0.2, 0) is 4.74 Å². The minimum Gasteiger partial charge on any atom is -1.00 e. The molecule has 3 nitrogen and oxygen atoms in total. The molecule has 0 radical (unpaired) electrons. The summed E-state index contributed by atoms with van der Waals surface area (Å²) in [7, 11) is 0. The molecule has 98 valence electrons. The van der Waals surface area contributed by atoms with E-state index in [1.54, 1.807) is 0 Å². The largest absolute Gasteiger partial charge is 1.00 e. The summed E-state index contributed by atoms with van der Waals surface area (Å²) in [6.07, 6.45) is 8.36. The summed E-state index contributed by atoms with van der Waals surface area (Å²) in [6, 6.07) is 0. The van der Waals surface area contributed by atoms with Gasteiger partial charge in [-0.15, -0.1) is 0 Å². The van der Waals surface area contributed by atoms with E-state index in [-0.39, 0.29) is 20.3 Å². The van der Waals surface area contributed by atoms with Crippen molar-refractivity contribution in [1.82, 2.24) is 0 Å². The molecule has 0 amide bonds. The van der Waals surface area contributed by atoms with Gasteiger partial charge in [-0.1, -0.05) is 52.4 Å². The summed E-state index contributed by atoms with van der Waals surface area (Å²) in [6.45, 7) is 4.73. The van der Waals surface area contributed by atoms with Crippen LogP contribution in [0.25, 0.3) is 0 Å². The number of ether oxygens (including phenoxy) is 1. The molecule has 0 aliphatic rings. The van der Waals surface area contributed by atoms with Crippen LogP contribution in [0.5, 0.6) is 0 Å². The van der Waals surface area contributed by atoms with E-state index >= 15 is 0 Å². The summed E-state index contributed by atoms with van der Waals surface area (Å²) in [5.41, 5.74) is 0. The Bertz CT molecular complexity index is 180. The average Bonchev–Trinajstić information content (AvgIpc) is 2.26. The molecule has 0 fully saturated rings. The van der Waals surface area contributed by atoms with Crippen LogP contribution in [0.3, 0.4) is 0 Å². The molecule has 1 unspecified atom stereocenters. The van der Waals surface area contributed by atoms with E-state index in [0.29, 0.717) is 12.5 Å². The van der Waals surface area contributed by atoms with Crippen molar-refractivity contribution in [3.05, 3.63) is 0 Å².